The van der Waals surface area contributed by atoms with Crippen molar-refractivity contribution < 1.29 is 18.7 Å². The molecule has 10 heteroatoms. The van der Waals surface area contributed by atoms with Crippen LogP contribution in [-0.4, -0.2) is 59.9 Å². The number of fused-ring (bicyclic) bond motifs is 1. The van der Waals surface area contributed by atoms with Gasteiger partial charge in [-0.25, -0.2) is 9.18 Å². The maximum Gasteiger partial charge on any atom is 0.345 e. The molecule has 0 N–H and O–H groups in total. The maximum absolute atomic E-state index is 13.8. The van der Waals surface area contributed by atoms with Crippen LogP contribution >= 0.6 is 23.1 Å². The second-order valence-electron chi connectivity index (χ2n) is 8.59. The Morgan fingerprint density at radius 3 is 2.50 bits per heavy atom. The van der Waals surface area contributed by atoms with Gasteiger partial charge in [0.2, 0.25) is 0 Å². The molecule has 1 saturated heterocycles. The molecule has 0 spiro atoms. The summed E-state index contributed by atoms with van der Waals surface area (Å²) in [6.45, 7) is 4.14. The van der Waals surface area contributed by atoms with Gasteiger partial charge in [0.05, 0.1) is 28.6 Å². The minimum atomic E-state index is -0.641. The van der Waals surface area contributed by atoms with E-state index in [1.807, 2.05) is 27.3 Å². The predicted molar refractivity (Wildman–Crippen MR) is 139 cm³/mol. The Morgan fingerprint density at radius 2 is 1.83 bits per heavy atom. The number of piperazine rings is 1. The summed E-state index contributed by atoms with van der Waals surface area (Å²) in [7, 11) is 0. The van der Waals surface area contributed by atoms with E-state index in [1.165, 1.54) is 23.5 Å². The lowest BCUT2D eigenvalue weighted by atomic mass is 10.1. The van der Waals surface area contributed by atoms with E-state index in [-0.39, 0.29) is 30.4 Å². The van der Waals surface area contributed by atoms with Crippen molar-refractivity contribution in [3.05, 3.63) is 79.6 Å². The summed E-state index contributed by atoms with van der Waals surface area (Å²) in [5, 5.41) is 1.89. The van der Waals surface area contributed by atoms with Crippen LogP contribution < -0.4 is 10.5 Å². The summed E-state index contributed by atoms with van der Waals surface area (Å²) in [4.78, 5) is 45.2. The number of esters is 1. The molecular weight excluding hydrogens is 501 g/mol. The normalized spacial score (nSPS) is 15.2. The monoisotopic (exact) mass is 527 g/mol. The van der Waals surface area contributed by atoms with Crippen LogP contribution in [0.3, 0.4) is 0 Å². The lowest BCUT2D eigenvalue weighted by Gasteiger charge is -2.37. The van der Waals surface area contributed by atoms with Crippen LogP contribution in [0.25, 0.3) is 0 Å². The number of ether oxygens (including phenoxy) is 1. The van der Waals surface area contributed by atoms with Crippen molar-refractivity contribution in [2.45, 2.75) is 24.8 Å². The van der Waals surface area contributed by atoms with Crippen molar-refractivity contribution >= 4 is 40.7 Å². The second-order valence-corrected chi connectivity index (χ2v) is 10.6. The molecular formula is C26H26FN3O4S2. The van der Waals surface area contributed by atoms with E-state index in [1.54, 1.807) is 35.4 Å². The van der Waals surface area contributed by atoms with Crippen LogP contribution in [0.2, 0.25) is 0 Å². The quantitative estimate of drug-likeness (QED) is 0.453. The van der Waals surface area contributed by atoms with Gasteiger partial charge < -0.3 is 19.1 Å². The van der Waals surface area contributed by atoms with Crippen LogP contribution in [0, 0.1) is 5.82 Å². The summed E-state index contributed by atoms with van der Waals surface area (Å²) in [5.41, 5.74) is 1.92. The molecule has 0 atom stereocenters. The third kappa shape index (κ3) is 4.67. The second kappa shape index (κ2) is 10.5. The lowest BCUT2D eigenvalue weighted by molar-refractivity contribution is 0.0522. The van der Waals surface area contributed by atoms with Crippen LogP contribution in [0.4, 0.5) is 10.1 Å². The van der Waals surface area contributed by atoms with Gasteiger partial charge in [0.15, 0.2) is 0 Å². The summed E-state index contributed by atoms with van der Waals surface area (Å²) in [6, 6.07) is 9.72. The molecule has 1 amide bonds. The predicted octanol–water partition coefficient (Wildman–Crippen LogP) is 3.88. The van der Waals surface area contributed by atoms with Gasteiger partial charge in [-0.05, 0) is 42.5 Å². The van der Waals surface area contributed by atoms with Crippen molar-refractivity contribution in [3.63, 3.8) is 0 Å². The van der Waals surface area contributed by atoms with Crippen molar-refractivity contribution in [1.82, 2.24) is 9.47 Å². The number of halogens is 1. The molecule has 2 aromatic heterocycles. The van der Waals surface area contributed by atoms with Crippen molar-refractivity contribution in [3.8, 4) is 0 Å². The average Bonchev–Trinajstić information content (AvgIpc) is 3.59. The minimum absolute atomic E-state index is 0.00425. The molecule has 3 aromatic rings. The minimum Gasteiger partial charge on any atom is -0.462 e. The number of benzene rings is 1. The SMILES string of the molecule is CCOC(=O)c1c(N2CCN(C(=O)c3cccs3)CC2)c2c(n(Cc3ccc(F)cc3)c1=O)CCS2. The van der Waals surface area contributed by atoms with Crippen LogP contribution in [0.1, 0.15) is 38.2 Å². The molecule has 1 fully saturated rings. The molecule has 7 nitrogen and oxygen atoms in total. The van der Waals surface area contributed by atoms with E-state index >= 15 is 0 Å². The topological polar surface area (TPSA) is 71.8 Å². The molecule has 5 rings (SSSR count). The number of rotatable bonds is 6. The summed E-state index contributed by atoms with van der Waals surface area (Å²) in [5.74, 6) is -0.178. The number of anilines is 1. The number of hydrogen-bond acceptors (Lipinski definition) is 7. The van der Waals surface area contributed by atoms with E-state index in [4.69, 9.17) is 4.74 Å². The molecule has 2 aliphatic rings. The van der Waals surface area contributed by atoms with E-state index in [2.05, 4.69) is 0 Å². The Kier molecular flexibility index (Phi) is 7.15. The molecule has 1 aromatic carbocycles. The maximum atomic E-state index is 13.8. The van der Waals surface area contributed by atoms with Crippen LogP contribution in [0.5, 0.6) is 0 Å². The summed E-state index contributed by atoms with van der Waals surface area (Å²) >= 11 is 3.05. The molecule has 2 aliphatic heterocycles. The molecule has 188 valence electrons. The zero-order chi connectivity index (χ0) is 25.2. The number of carbonyl (C=O) groups excluding carboxylic acids is 2. The number of carbonyl (C=O) groups is 2. The Hall–Kier alpha value is -3.11. The molecule has 0 radical (unpaired) electrons. The number of thioether (sulfide) groups is 1. The Morgan fingerprint density at radius 1 is 1.08 bits per heavy atom. The van der Waals surface area contributed by atoms with Gasteiger partial charge in [-0.15, -0.1) is 23.1 Å². The van der Waals surface area contributed by atoms with E-state index in [9.17, 15) is 18.8 Å². The molecule has 0 bridgehead atoms. The van der Waals surface area contributed by atoms with Crippen molar-refractivity contribution in [2.24, 2.45) is 0 Å². The summed E-state index contributed by atoms with van der Waals surface area (Å²) in [6.07, 6.45) is 0.698. The smallest absolute Gasteiger partial charge is 0.345 e. The van der Waals surface area contributed by atoms with Gasteiger partial charge in [-0.3, -0.25) is 9.59 Å². The number of nitrogens with zero attached hydrogens (tertiary/aromatic N) is 3. The fourth-order valence-electron chi connectivity index (χ4n) is 4.70. The third-order valence-corrected chi connectivity index (χ3v) is 8.42. The highest BCUT2D eigenvalue weighted by Gasteiger charge is 2.34. The zero-order valence-corrected chi connectivity index (χ0v) is 21.5. The number of amides is 1. The van der Waals surface area contributed by atoms with Gasteiger partial charge in [0.25, 0.3) is 11.5 Å². The highest BCUT2D eigenvalue weighted by Crippen LogP contribution is 2.41. The molecule has 0 saturated carbocycles. The number of aromatic nitrogens is 1. The first kappa shape index (κ1) is 24.6. The fraction of sp³-hybridized carbons (Fsp3) is 0.346. The highest BCUT2D eigenvalue weighted by atomic mass is 32.2. The first-order valence-corrected chi connectivity index (χ1v) is 13.8. The third-order valence-electron chi connectivity index (χ3n) is 6.43. The molecule has 0 aliphatic carbocycles. The Balaban J connectivity index is 1.51. The first-order valence-electron chi connectivity index (χ1n) is 11.9. The number of thiophene rings is 1. The number of hydrogen-bond donors (Lipinski definition) is 0. The lowest BCUT2D eigenvalue weighted by Crippen LogP contribution is -2.50. The Labute approximate surface area is 216 Å². The number of pyridine rings is 1. The van der Waals surface area contributed by atoms with Gasteiger partial charge in [0, 0.05) is 37.6 Å². The largest absolute Gasteiger partial charge is 0.462 e. The van der Waals surface area contributed by atoms with Gasteiger partial charge in [0.1, 0.15) is 11.4 Å². The van der Waals surface area contributed by atoms with Gasteiger partial charge in [-0.2, -0.15) is 0 Å². The van der Waals surface area contributed by atoms with E-state index in [0.717, 1.165) is 21.9 Å². The molecule has 0 unspecified atom stereocenters. The van der Waals surface area contributed by atoms with Crippen molar-refractivity contribution in [2.75, 3.05) is 43.4 Å². The average molecular weight is 528 g/mol. The standard InChI is InChI=1S/C26H26FN3O4S2/c1-2-34-26(33)21-22(28-10-12-29(13-11-28)24(31)20-4-3-14-35-20)23-19(9-15-36-23)30(25(21)32)16-17-5-7-18(27)8-6-17/h3-8,14H,2,9-13,15-16H2,1H3. The molecule has 4 heterocycles. The van der Waals surface area contributed by atoms with E-state index < -0.39 is 11.5 Å². The highest BCUT2D eigenvalue weighted by molar-refractivity contribution is 7.99. The van der Waals surface area contributed by atoms with E-state index in [0.29, 0.717) is 43.2 Å². The van der Waals surface area contributed by atoms with Crippen LogP contribution in [0.15, 0.2) is 51.5 Å². The molecule has 36 heavy (non-hydrogen) atoms. The van der Waals surface area contributed by atoms with Gasteiger partial charge in [-0.1, -0.05) is 18.2 Å². The van der Waals surface area contributed by atoms with Crippen LogP contribution in [-0.2, 0) is 17.7 Å². The fourth-order valence-corrected chi connectivity index (χ4v) is 6.64. The summed E-state index contributed by atoms with van der Waals surface area (Å²) < 4.78 is 20.4. The van der Waals surface area contributed by atoms with Crippen molar-refractivity contribution in [1.29, 1.82) is 0 Å². The zero-order valence-electron chi connectivity index (χ0n) is 19.9. The van der Waals surface area contributed by atoms with Gasteiger partial charge >= 0.3 is 5.97 Å². The Bertz CT molecular complexity index is 1330. The first-order chi connectivity index (χ1) is 17.5.